The van der Waals surface area contributed by atoms with Crippen molar-refractivity contribution >= 4 is 16.9 Å². The van der Waals surface area contributed by atoms with Gasteiger partial charge in [0.05, 0.1) is 0 Å². The van der Waals surface area contributed by atoms with Crippen LogP contribution in [0.25, 0.3) is 11.0 Å². The zero-order valence-electron chi connectivity index (χ0n) is 9.93. The zero-order chi connectivity index (χ0) is 13.1. The molecule has 0 saturated heterocycles. The summed E-state index contributed by atoms with van der Waals surface area (Å²) in [6.07, 6.45) is 2.11. The Morgan fingerprint density at radius 2 is 2.11 bits per heavy atom. The lowest BCUT2D eigenvalue weighted by molar-refractivity contribution is -0.131. The van der Waals surface area contributed by atoms with Crippen LogP contribution in [0.5, 0.6) is 5.75 Å². The van der Waals surface area contributed by atoms with Gasteiger partial charge in [-0.25, -0.2) is 4.79 Å². The Kier molecular flexibility index (Phi) is 3.28. The Hall–Kier alpha value is -2.36. The third kappa shape index (κ3) is 2.32. The normalized spacial score (nSPS) is 10.3. The predicted octanol–water partition coefficient (Wildman–Crippen LogP) is 2.45. The second-order valence-corrected chi connectivity index (χ2v) is 3.80. The molecule has 18 heavy (non-hydrogen) atoms. The number of esters is 1. The average Bonchev–Trinajstić information content (AvgIpc) is 2.32. The van der Waals surface area contributed by atoms with E-state index in [0.29, 0.717) is 23.3 Å². The Balaban J connectivity index is 2.71. The van der Waals surface area contributed by atoms with Gasteiger partial charge in [0.15, 0.2) is 0 Å². The zero-order valence-corrected chi connectivity index (χ0v) is 9.93. The topological polar surface area (TPSA) is 56.5 Å². The highest BCUT2D eigenvalue weighted by Gasteiger charge is 2.12. The summed E-state index contributed by atoms with van der Waals surface area (Å²) in [6.45, 7) is 4.97. The maximum atomic E-state index is 11.3. The second kappa shape index (κ2) is 4.87. The number of benzene rings is 1. The molecule has 4 nitrogen and oxygen atoms in total. The second-order valence-electron chi connectivity index (χ2n) is 3.80. The number of carbonyl (C=O) groups excluding carboxylic acids is 1. The van der Waals surface area contributed by atoms with E-state index in [1.165, 1.54) is 13.0 Å². The van der Waals surface area contributed by atoms with Crippen LogP contribution < -0.4 is 10.4 Å². The van der Waals surface area contributed by atoms with Gasteiger partial charge in [0.1, 0.15) is 11.3 Å². The van der Waals surface area contributed by atoms with E-state index in [9.17, 15) is 9.59 Å². The third-order valence-corrected chi connectivity index (χ3v) is 2.45. The Labute approximate surface area is 103 Å². The largest absolute Gasteiger partial charge is 0.426 e. The molecular formula is C14H12O4. The first kappa shape index (κ1) is 12.1. The van der Waals surface area contributed by atoms with Crippen LogP contribution in [-0.2, 0) is 11.2 Å². The summed E-state index contributed by atoms with van der Waals surface area (Å²) in [6, 6.07) is 6.45. The molecule has 0 spiro atoms. The molecule has 1 aromatic heterocycles. The van der Waals surface area contributed by atoms with Crippen LogP contribution in [0.2, 0.25) is 0 Å². The molecule has 0 N–H and O–H groups in total. The predicted molar refractivity (Wildman–Crippen MR) is 67.7 cm³/mol. The van der Waals surface area contributed by atoms with E-state index in [-0.39, 0.29) is 0 Å². The molecule has 2 rings (SSSR count). The van der Waals surface area contributed by atoms with E-state index in [1.807, 2.05) is 0 Å². The first-order valence-corrected chi connectivity index (χ1v) is 5.47. The lowest BCUT2D eigenvalue weighted by Crippen LogP contribution is -2.05. The van der Waals surface area contributed by atoms with Gasteiger partial charge in [0.2, 0.25) is 0 Å². The summed E-state index contributed by atoms with van der Waals surface area (Å²) < 4.78 is 10.3. The maximum Gasteiger partial charge on any atom is 0.336 e. The van der Waals surface area contributed by atoms with E-state index in [1.54, 1.807) is 24.3 Å². The van der Waals surface area contributed by atoms with Crippen LogP contribution in [0.3, 0.4) is 0 Å². The van der Waals surface area contributed by atoms with Crippen LogP contribution in [0.1, 0.15) is 12.5 Å². The summed E-state index contributed by atoms with van der Waals surface area (Å²) in [5.41, 5.74) is 0.643. The van der Waals surface area contributed by atoms with Crippen molar-refractivity contribution in [2.24, 2.45) is 0 Å². The molecule has 0 fully saturated rings. The minimum absolute atomic E-state index is 0.393. The lowest BCUT2D eigenvalue weighted by Gasteiger charge is -2.09. The fraction of sp³-hybridized carbons (Fsp3) is 0.143. The fourth-order valence-electron chi connectivity index (χ4n) is 1.76. The maximum absolute atomic E-state index is 11.3. The van der Waals surface area contributed by atoms with Crippen LogP contribution >= 0.6 is 0 Å². The molecule has 4 heteroatoms. The van der Waals surface area contributed by atoms with Gasteiger partial charge in [0.25, 0.3) is 0 Å². The average molecular weight is 244 g/mol. The molecule has 0 amide bonds. The van der Waals surface area contributed by atoms with E-state index in [2.05, 4.69) is 6.58 Å². The van der Waals surface area contributed by atoms with Crippen molar-refractivity contribution in [1.29, 1.82) is 0 Å². The van der Waals surface area contributed by atoms with Gasteiger partial charge in [-0.15, -0.1) is 6.58 Å². The van der Waals surface area contributed by atoms with Crippen molar-refractivity contribution < 1.29 is 13.9 Å². The van der Waals surface area contributed by atoms with Gasteiger partial charge in [0, 0.05) is 23.9 Å². The summed E-state index contributed by atoms with van der Waals surface area (Å²) in [5, 5.41) is 0.780. The number of hydrogen-bond acceptors (Lipinski definition) is 4. The first-order valence-electron chi connectivity index (χ1n) is 5.47. The van der Waals surface area contributed by atoms with Crippen LogP contribution in [0, 0.1) is 0 Å². The smallest absolute Gasteiger partial charge is 0.336 e. The fourth-order valence-corrected chi connectivity index (χ4v) is 1.76. The molecule has 0 atom stereocenters. The van der Waals surface area contributed by atoms with Crippen molar-refractivity contribution in [3.63, 3.8) is 0 Å². The summed E-state index contributed by atoms with van der Waals surface area (Å²) in [5.74, 6) is -0.0257. The number of rotatable bonds is 3. The highest BCUT2D eigenvalue weighted by molar-refractivity contribution is 5.83. The molecule has 0 bridgehead atoms. The third-order valence-electron chi connectivity index (χ3n) is 2.45. The monoisotopic (exact) mass is 244 g/mol. The number of carbonyl (C=O) groups is 1. The molecule has 1 aromatic carbocycles. The SMILES string of the molecule is C=CCc1c(OC(C)=O)ccc2ccc(=O)oc12. The van der Waals surface area contributed by atoms with Gasteiger partial charge in [-0.1, -0.05) is 6.08 Å². The molecular weight excluding hydrogens is 232 g/mol. The number of allylic oxidation sites excluding steroid dienone is 1. The first-order chi connectivity index (χ1) is 8.61. The van der Waals surface area contributed by atoms with Crippen LogP contribution in [-0.4, -0.2) is 5.97 Å². The molecule has 0 radical (unpaired) electrons. The van der Waals surface area contributed by atoms with Crippen molar-refractivity contribution in [2.75, 3.05) is 0 Å². The minimum atomic E-state index is -0.437. The highest BCUT2D eigenvalue weighted by atomic mass is 16.5. The van der Waals surface area contributed by atoms with E-state index in [0.717, 1.165) is 5.39 Å². The standard InChI is InChI=1S/C14H12O4/c1-3-4-11-12(17-9(2)15)7-5-10-6-8-13(16)18-14(10)11/h3,5-8H,1,4H2,2H3. The van der Waals surface area contributed by atoms with Gasteiger partial charge < -0.3 is 9.15 Å². The summed E-state index contributed by atoms with van der Waals surface area (Å²) >= 11 is 0. The van der Waals surface area contributed by atoms with Crippen LogP contribution in [0.4, 0.5) is 0 Å². The number of fused-ring (bicyclic) bond motifs is 1. The van der Waals surface area contributed by atoms with Gasteiger partial charge >= 0.3 is 11.6 Å². The van der Waals surface area contributed by atoms with Crippen molar-refractivity contribution in [1.82, 2.24) is 0 Å². The van der Waals surface area contributed by atoms with Crippen molar-refractivity contribution in [2.45, 2.75) is 13.3 Å². The van der Waals surface area contributed by atoms with Gasteiger partial charge in [-0.3, -0.25) is 4.79 Å². The summed E-state index contributed by atoms with van der Waals surface area (Å²) in [4.78, 5) is 22.3. The Morgan fingerprint density at radius 1 is 1.39 bits per heavy atom. The Morgan fingerprint density at radius 3 is 2.78 bits per heavy atom. The Bertz CT molecular complexity index is 667. The van der Waals surface area contributed by atoms with E-state index in [4.69, 9.17) is 9.15 Å². The quantitative estimate of drug-likeness (QED) is 0.360. The van der Waals surface area contributed by atoms with E-state index >= 15 is 0 Å². The summed E-state index contributed by atoms with van der Waals surface area (Å²) in [7, 11) is 0. The molecule has 1 heterocycles. The van der Waals surface area contributed by atoms with Gasteiger partial charge in [-0.2, -0.15) is 0 Å². The molecule has 2 aromatic rings. The highest BCUT2D eigenvalue weighted by Crippen LogP contribution is 2.28. The molecule has 0 aliphatic carbocycles. The molecule has 0 aliphatic rings. The minimum Gasteiger partial charge on any atom is -0.426 e. The van der Waals surface area contributed by atoms with E-state index < -0.39 is 11.6 Å². The molecule has 0 aliphatic heterocycles. The van der Waals surface area contributed by atoms with Gasteiger partial charge in [-0.05, 0) is 24.6 Å². The van der Waals surface area contributed by atoms with Crippen molar-refractivity contribution in [3.8, 4) is 5.75 Å². The molecule has 0 unspecified atom stereocenters. The molecule has 0 saturated carbocycles. The number of hydrogen-bond donors (Lipinski definition) is 0. The van der Waals surface area contributed by atoms with Crippen molar-refractivity contribution in [3.05, 3.63) is 52.9 Å². The molecule has 92 valence electrons. The van der Waals surface area contributed by atoms with Crippen LogP contribution in [0.15, 0.2) is 46.1 Å². The number of ether oxygens (including phenoxy) is 1. The lowest BCUT2D eigenvalue weighted by atomic mass is 10.1.